The molecule has 4 heteroatoms. The molecule has 1 heterocycles. The Morgan fingerprint density at radius 3 is 2.00 bits per heavy atom. The van der Waals surface area contributed by atoms with Gasteiger partial charge in [0, 0.05) is 19.0 Å². The number of rotatable bonds is 2. The van der Waals surface area contributed by atoms with Crippen molar-refractivity contribution in [3.63, 3.8) is 0 Å². The number of nitrogens with zero attached hydrogens (tertiary/aromatic N) is 1. The highest BCUT2D eigenvalue weighted by molar-refractivity contribution is 5.81. The van der Waals surface area contributed by atoms with Gasteiger partial charge in [0.1, 0.15) is 11.6 Å². The van der Waals surface area contributed by atoms with Crippen LogP contribution in [0.25, 0.3) is 11.1 Å². The van der Waals surface area contributed by atoms with Crippen molar-refractivity contribution in [2.45, 2.75) is 40.0 Å². The molecule has 1 aliphatic heterocycles. The van der Waals surface area contributed by atoms with Crippen molar-refractivity contribution in [3.05, 3.63) is 60.2 Å². The summed E-state index contributed by atoms with van der Waals surface area (Å²) in [5.41, 5.74) is 0.594. The minimum atomic E-state index is -0.531. The fourth-order valence-electron chi connectivity index (χ4n) is 3.10. The molecule has 0 unspecified atom stereocenters. The summed E-state index contributed by atoms with van der Waals surface area (Å²) in [6.07, 6.45) is 3.49. The minimum absolute atomic E-state index is 0.0353. The summed E-state index contributed by atoms with van der Waals surface area (Å²) in [5, 5.41) is 0. The van der Waals surface area contributed by atoms with Gasteiger partial charge in [-0.2, -0.15) is 0 Å². The summed E-state index contributed by atoms with van der Waals surface area (Å²) in [5.74, 6) is 0.514. The van der Waals surface area contributed by atoms with Gasteiger partial charge in [0.05, 0.1) is 5.56 Å². The monoisotopic (exact) mass is 373 g/mol. The van der Waals surface area contributed by atoms with Gasteiger partial charge in [0.2, 0.25) is 5.91 Å². The van der Waals surface area contributed by atoms with E-state index in [2.05, 4.69) is 6.92 Å². The van der Waals surface area contributed by atoms with E-state index in [1.54, 1.807) is 24.3 Å². The first kappa shape index (κ1) is 21.1. The van der Waals surface area contributed by atoms with Gasteiger partial charge < -0.3 is 4.90 Å². The highest BCUT2D eigenvalue weighted by atomic mass is 19.1. The normalized spacial score (nSPS) is 18.1. The molecule has 0 aromatic heterocycles. The number of amides is 1. The highest BCUT2D eigenvalue weighted by Gasteiger charge is 2.35. The van der Waals surface area contributed by atoms with Crippen molar-refractivity contribution in [1.82, 2.24) is 4.90 Å². The summed E-state index contributed by atoms with van der Waals surface area (Å²) in [6.45, 7) is 8.24. The first-order valence-electron chi connectivity index (χ1n) is 9.84. The van der Waals surface area contributed by atoms with Gasteiger partial charge >= 0.3 is 0 Å². The summed E-state index contributed by atoms with van der Waals surface area (Å²) >= 11 is 0. The lowest BCUT2D eigenvalue weighted by Crippen LogP contribution is -2.29. The second-order valence-corrected chi connectivity index (χ2v) is 6.92. The van der Waals surface area contributed by atoms with E-state index < -0.39 is 11.6 Å². The molecule has 146 valence electrons. The van der Waals surface area contributed by atoms with E-state index >= 15 is 0 Å². The zero-order valence-electron chi connectivity index (χ0n) is 16.4. The zero-order chi connectivity index (χ0) is 19.8. The van der Waals surface area contributed by atoms with E-state index in [9.17, 15) is 13.6 Å². The molecule has 1 amide bonds. The topological polar surface area (TPSA) is 20.3 Å². The van der Waals surface area contributed by atoms with Gasteiger partial charge in [-0.3, -0.25) is 4.79 Å². The van der Waals surface area contributed by atoms with Crippen molar-refractivity contribution < 1.29 is 13.6 Å². The van der Waals surface area contributed by atoms with Crippen LogP contribution in [-0.4, -0.2) is 23.9 Å². The maximum absolute atomic E-state index is 13.3. The molecule has 2 aliphatic rings. The van der Waals surface area contributed by atoms with Crippen molar-refractivity contribution in [2.24, 2.45) is 11.8 Å². The Kier molecular flexibility index (Phi) is 7.96. The lowest BCUT2D eigenvalue weighted by atomic mass is 10.0. The molecule has 1 aliphatic carbocycles. The van der Waals surface area contributed by atoms with Crippen LogP contribution in [0.2, 0.25) is 0 Å². The smallest absolute Gasteiger partial charge is 0.225 e. The lowest BCUT2D eigenvalue weighted by Gasteiger charge is -2.14. The predicted molar refractivity (Wildman–Crippen MR) is 106 cm³/mol. The van der Waals surface area contributed by atoms with Crippen molar-refractivity contribution in [1.29, 1.82) is 0 Å². The number of hydrogen-bond acceptors (Lipinski definition) is 1. The molecule has 2 fully saturated rings. The second-order valence-electron chi connectivity index (χ2n) is 6.92. The number of likely N-dealkylation sites (tertiary alicyclic amines) is 1. The maximum atomic E-state index is 13.3. The molecular weight excluding hydrogens is 344 g/mol. The third-order valence-corrected chi connectivity index (χ3v) is 4.69. The van der Waals surface area contributed by atoms with E-state index in [0.717, 1.165) is 31.8 Å². The van der Waals surface area contributed by atoms with Crippen LogP contribution >= 0.6 is 0 Å². The van der Waals surface area contributed by atoms with Gasteiger partial charge in [-0.1, -0.05) is 57.2 Å². The van der Waals surface area contributed by atoms with Crippen LogP contribution < -0.4 is 0 Å². The lowest BCUT2D eigenvalue weighted by molar-refractivity contribution is -0.131. The third kappa shape index (κ3) is 5.88. The van der Waals surface area contributed by atoms with Crippen molar-refractivity contribution >= 4 is 5.91 Å². The summed E-state index contributed by atoms with van der Waals surface area (Å²) in [7, 11) is 0. The van der Waals surface area contributed by atoms with Crippen molar-refractivity contribution in [3.8, 4) is 11.1 Å². The van der Waals surface area contributed by atoms with Crippen LogP contribution in [0.15, 0.2) is 48.5 Å². The molecule has 0 bridgehead atoms. The van der Waals surface area contributed by atoms with Crippen LogP contribution in [0.4, 0.5) is 8.78 Å². The van der Waals surface area contributed by atoms with Crippen LogP contribution in [0, 0.1) is 23.5 Å². The molecule has 1 atom stereocenters. The molecule has 27 heavy (non-hydrogen) atoms. The Balaban J connectivity index is 0.000000181. The van der Waals surface area contributed by atoms with E-state index in [4.69, 9.17) is 0 Å². The standard InChI is InChI=1S/C12H8F2.C9H15NO.C2H6/c13-10-7-4-8-11(14)12(10)9-5-2-1-3-6-9;1-7-4-5-10(6-7)9(11)8-2-3-8;1-2/h1-8H;7-8H,2-6H2,1H3;1-2H3/t;7-;/m.0./s1. The summed E-state index contributed by atoms with van der Waals surface area (Å²) in [4.78, 5) is 13.5. The first-order chi connectivity index (χ1) is 13.1. The number of halogens is 2. The maximum Gasteiger partial charge on any atom is 0.225 e. The number of hydrogen-bond donors (Lipinski definition) is 0. The van der Waals surface area contributed by atoms with E-state index in [0.29, 0.717) is 17.4 Å². The van der Waals surface area contributed by atoms with E-state index in [1.807, 2.05) is 24.8 Å². The molecule has 2 aromatic rings. The first-order valence-corrected chi connectivity index (χ1v) is 9.84. The Morgan fingerprint density at radius 1 is 0.926 bits per heavy atom. The minimum Gasteiger partial charge on any atom is -0.342 e. The van der Waals surface area contributed by atoms with Gasteiger partial charge in [-0.25, -0.2) is 8.78 Å². The molecule has 4 rings (SSSR count). The molecule has 2 aromatic carbocycles. The van der Waals surface area contributed by atoms with E-state index in [-0.39, 0.29) is 5.56 Å². The highest BCUT2D eigenvalue weighted by Crippen LogP contribution is 2.32. The van der Waals surface area contributed by atoms with Gasteiger partial charge in [-0.05, 0) is 42.9 Å². The van der Waals surface area contributed by atoms with Gasteiger partial charge in [0.15, 0.2) is 0 Å². The Labute approximate surface area is 161 Å². The molecule has 0 N–H and O–H groups in total. The van der Waals surface area contributed by atoms with E-state index in [1.165, 1.54) is 24.6 Å². The Morgan fingerprint density at radius 2 is 1.52 bits per heavy atom. The zero-order valence-corrected chi connectivity index (χ0v) is 16.4. The van der Waals surface area contributed by atoms with Gasteiger partial charge in [0.25, 0.3) is 0 Å². The third-order valence-electron chi connectivity index (χ3n) is 4.69. The summed E-state index contributed by atoms with van der Waals surface area (Å²) in [6, 6.07) is 12.5. The largest absolute Gasteiger partial charge is 0.342 e. The molecule has 0 radical (unpaired) electrons. The van der Waals surface area contributed by atoms with Crippen LogP contribution in [-0.2, 0) is 4.79 Å². The summed E-state index contributed by atoms with van der Waals surface area (Å²) < 4.78 is 26.6. The molecule has 1 saturated heterocycles. The molecular formula is C23H29F2NO. The molecule has 0 spiro atoms. The second kappa shape index (κ2) is 10.2. The fraction of sp³-hybridized carbons (Fsp3) is 0.435. The van der Waals surface area contributed by atoms with Crippen LogP contribution in [0.5, 0.6) is 0 Å². The SMILES string of the molecule is CC.C[C@H]1CCN(C(=O)C2CC2)C1.Fc1cccc(F)c1-c1ccccc1. The number of carbonyl (C=O) groups excluding carboxylic acids is 1. The number of benzene rings is 2. The molecule has 2 nitrogen and oxygen atoms in total. The van der Waals surface area contributed by atoms with Crippen LogP contribution in [0.3, 0.4) is 0 Å². The average Bonchev–Trinajstić information content (AvgIpc) is 3.45. The predicted octanol–water partition coefficient (Wildman–Crippen LogP) is 5.92. The fourth-order valence-corrected chi connectivity index (χ4v) is 3.10. The van der Waals surface area contributed by atoms with Gasteiger partial charge in [-0.15, -0.1) is 0 Å². The Bertz CT molecular complexity index is 708. The quantitative estimate of drug-likeness (QED) is 0.639. The molecule has 1 saturated carbocycles. The Hall–Kier alpha value is -2.23. The van der Waals surface area contributed by atoms with Crippen molar-refractivity contribution in [2.75, 3.05) is 13.1 Å². The van der Waals surface area contributed by atoms with Crippen LogP contribution in [0.1, 0.15) is 40.0 Å². The average molecular weight is 373 g/mol. The number of carbonyl (C=O) groups is 1.